The average molecular weight is 541 g/mol. The Morgan fingerprint density at radius 1 is 1.07 bits per heavy atom. The minimum absolute atomic E-state index is 0.0814. The summed E-state index contributed by atoms with van der Waals surface area (Å²) < 4.78 is 17.7. The molecule has 3 aromatic carbocycles. The van der Waals surface area contributed by atoms with Gasteiger partial charge in [0.15, 0.2) is 11.6 Å². The van der Waals surface area contributed by atoms with Gasteiger partial charge < -0.3 is 24.6 Å². The quantitative estimate of drug-likeness (QED) is 0.286. The third kappa shape index (κ3) is 6.54. The molecule has 7 nitrogen and oxygen atoms in total. The molecule has 1 amide bonds. The number of aliphatic imine (C=N–C) groups is 1. The second-order valence-corrected chi connectivity index (χ2v) is 10.2. The van der Waals surface area contributed by atoms with Gasteiger partial charge in [-0.3, -0.25) is 4.79 Å². The molecule has 1 heterocycles. The molecule has 2 N–H and O–H groups in total. The molecule has 0 saturated heterocycles. The molecule has 1 aliphatic carbocycles. The average Bonchev–Trinajstić information content (AvgIpc) is 3.75. The molecule has 7 heteroatoms. The predicted octanol–water partition coefficient (Wildman–Crippen LogP) is 5.34. The van der Waals surface area contributed by atoms with E-state index < -0.39 is 11.6 Å². The van der Waals surface area contributed by atoms with Crippen molar-refractivity contribution in [3.05, 3.63) is 102 Å². The second-order valence-electron chi connectivity index (χ2n) is 10.2. The van der Waals surface area contributed by atoms with Crippen molar-refractivity contribution >= 4 is 17.9 Å². The van der Waals surface area contributed by atoms with Crippen LogP contribution in [0.25, 0.3) is 6.08 Å². The number of carbonyl (C=O) groups is 1. The predicted molar refractivity (Wildman–Crippen MR) is 156 cm³/mol. The number of carbonyl (C=O) groups excluding carboxylic acids is 1. The van der Waals surface area contributed by atoms with E-state index in [0.29, 0.717) is 49.3 Å². The number of nitrogens with one attached hydrogen (secondary N) is 1. The Kier molecular flexibility index (Phi) is 8.81. The van der Waals surface area contributed by atoms with Crippen molar-refractivity contribution in [3.8, 4) is 11.5 Å². The van der Waals surface area contributed by atoms with Crippen molar-refractivity contribution in [2.75, 3.05) is 26.9 Å². The lowest BCUT2D eigenvalue weighted by molar-refractivity contribution is -0.128. The SMILES string of the molecule is COc1cccc([C@H]2OC(c3ccc(OCCCO)cc3)=N[C@@]2(C/C=C/c2ccccc2)C(=O)NCC2CC2)c1. The fourth-order valence-electron chi connectivity index (χ4n) is 4.77. The maximum absolute atomic E-state index is 14.1. The smallest absolute Gasteiger partial charge is 0.252 e. The van der Waals surface area contributed by atoms with Crippen LogP contribution in [0.2, 0.25) is 0 Å². The van der Waals surface area contributed by atoms with Crippen molar-refractivity contribution in [2.24, 2.45) is 10.9 Å². The van der Waals surface area contributed by atoms with Crippen molar-refractivity contribution in [3.63, 3.8) is 0 Å². The minimum Gasteiger partial charge on any atom is -0.497 e. The highest BCUT2D eigenvalue weighted by Gasteiger charge is 2.52. The maximum atomic E-state index is 14.1. The van der Waals surface area contributed by atoms with E-state index in [1.165, 1.54) is 0 Å². The number of rotatable bonds is 13. The molecule has 0 radical (unpaired) electrons. The highest BCUT2D eigenvalue weighted by Crippen LogP contribution is 2.44. The Bertz CT molecular complexity index is 1330. The van der Waals surface area contributed by atoms with E-state index in [-0.39, 0.29) is 12.5 Å². The Balaban J connectivity index is 1.51. The van der Waals surface area contributed by atoms with Gasteiger partial charge in [-0.1, -0.05) is 54.6 Å². The van der Waals surface area contributed by atoms with Crippen LogP contribution in [0.15, 0.2) is 89.9 Å². The van der Waals surface area contributed by atoms with E-state index in [1.807, 2.05) is 91.0 Å². The lowest BCUT2D eigenvalue weighted by atomic mass is 9.84. The number of aliphatic hydroxyl groups is 1. The summed E-state index contributed by atoms with van der Waals surface area (Å²) in [6.07, 6.45) is 6.56. The second kappa shape index (κ2) is 12.8. The van der Waals surface area contributed by atoms with Crippen molar-refractivity contribution in [2.45, 2.75) is 37.3 Å². The van der Waals surface area contributed by atoms with E-state index in [4.69, 9.17) is 24.3 Å². The summed E-state index contributed by atoms with van der Waals surface area (Å²) >= 11 is 0. The van der Waals surface area contributed by atoms with E-state index >= 15 is 0 Å². The molecule has 0 bridgehead atoms. The van der Waals surface area contributed by atoms with Gasteiger partial charge in [-0.05, 0) is 66.3 Å². The third-order valence-corrected chi connectivity index (χ3v) is 7.21. The number of nitrogens with zero attached hydrogens (tertiary/aromatic N) is 1. The van der Waals surface area contributed by atoms with Crippen molar-refractivity contribution in [1.29, 1.82) is 0 Å². The number of methoxy groups -OCH3 is 1. The summed E-state index contributed by atoms with van der Waals surface area (Å²) in [6.45, 7) is 1.15. The number of amides is 1. The summed E-state index contributed by atoms with van der Waals surface area (Å²) in [5.74, 6) is 2.17. The van der Waals surface area contributed by atoms with Gasteiger partial charge in [0.25, 0.3) is 5.91 Å². The molecule has 40 heavy (non-hydrogen) atoms. The minimum atomic E-state index is -1.21. The molecule has 5 rings (SSSR count). The summed E-state index contributed by atoms with van der Waals surface area (Å²) in [7, 11) is 1.62. The van der Waals surface area contributed by atoms with Crippen LogP contribution in [0.3, 0.4) is 0 Å². The highest BCUT2D eigenvalue weighted by atomic mass is 16.5. The van der Waals surface area contributed by atoms with Gasteiger partial charge in [0.05, 0.1) is 13.7 Å². The Morgan fingerprint density at radius 2 is 1.88 bits per heavy atom. The first-order chi connectivity index (χ1) is 19.6. The van der Waals surface area contributed by atoms with Crippen molar-refractivity contribution in [1.82, 2.24) is 5.32 Å². The Morgan fingerprint density at radius 3 is 2.60 bits per heavy atom. The van der Waals surface area contributed by atoms with Gasteiger partial charge in [-0.15, -0.1) is 0 Å². The zero-order chi connectivity index (χ0) is 27.8. The van der Waals surface area contributed by atoms with Gasteiger partial charge in [0, 0.05) is 31.6 Å². The molecule has 208 valence electrons. The summed E-state index contributed by atoms with van der Waals surface area (Å²) in [5, 5.41) is 12.2. The summed E-state index contributed by atoms with van der Waals surface area (Å²) in [5.41, 5.74) is 1.41. The van der Waals surface area contributed by atoms with Gasteiger partial charge in [0.2, 0.25) is 5.90 Å². The monoisotopic (exact) mass is 540 g/mol. The van der Waals surface area contributed by atoms with E-state index in [2.05, 4.69) is 5.32 Å². The molecular weight excluding hydrogens is 504 g/mol. The van der Waals surface area contributed by atoms with E-state index in [0.717, 1.165) is 29.5 Å². The molecular formula is C33H36N2O5. The van der Waals surface area contributed by atoms with Crippen LogP contribution >= 0.6 is 0 Å². The standard InChI is InChI=1S/C33H36N2O5/c1-38-29-12-5-11-27(22-29)30-33(32(37)34-23-25-13-14-25,19-6-10-24-8-3-2-4-9-24)35-31(40-30)26-15-17-28(18-16-26)39-21-7-20-36/h2-6,8-12,15-18,22,25,30,36H,7,13-14,19-21,23H2,1H3,(H,34,37)/b10-6+/t30-,33-/m1/s1. The number of hydrogen-bond donors (Lipinski definition) is 2. The van der Waals surface area contributed by atoms with E-state index in [9.17, 15) is 4.79 Å². The number of benzene rings is 3. The lowest BCUT2D eigenvalue weighted by Gasteiger charge is -2.30. The fraction of sp³-hybridized carbons (Fsp3) is 0.333. The van der Waals surface area contributed by atoms with E-state index in [1.54, 1.807) is 7.11 Å². The van der Waals surface area contributed by atoms with Crippen LogP contribution < -0.4 is 14.8 Å². The van der Waals surface area contributed by atoms with Crippen LogP contribution in [-0.2, 0) is 9.53 Å². The molecule has 1 saturated carbocycles. The lowest BCUT2D eigenvalue weighted by Crippen LogP contribution is -2.48. The van der Waals surface area contributed by atoms with Crippen molar-refractivity contribution < 1.29 is 24.1 Å². The largest absolute Gasteiger partial charge is 0.497 e. The van der Waals surface area contributed by atoms with Crippen LogP contribution in [-0.4, -0.2) is 49.3 Å². The summed E-state index contributed by atoms with van der Waals surface area (Å²) in [6, 6.07) is 25.1. The Labute approximate surface area is 235 Å². The van der Waals surface area contributed by atoms with Crippen LogP contribution in [0.5, 0.6) is 11.5 Å². The van der Waals surface area contributed by atoms with Crippen LogP contribution in [0.4, 0.5) is 0 Å². The number of hydrogen-bond acceptors (Lipinski definition) is 6. The molecule has 2 aliphatic rings. The molecule has 0 spiro atoms. The molecule has 1 aliphatic heterocycles. The zero-order valence-corrected chi connectivity index (χ0v) is 22.8. The Hall–Kier alpha value is -4.10. The third-order valence-electron chi connectivity index (χ3n) is 7.21. The van der Waals surface area contributed by atoms with Crippen LogP contribution in [0, 0.1) is 5.92 Å². The van der Waals surface area contributed by atoms with Gasteiger partial charge in [0.1, 0.15) is 11.5 Å². The summed E-state index contributed by atoms with van der Waals surface area (Å²) in [4.78, 5) is 19.1. The molecule has 2 atom stereocenters. The first-order valence-corrected chi connectivity index (χ1v) is 13.9. The molecule has 1 fully saturated rings. The topological polar surface area (TPSA) is 89.4 Å². The zero-order valence-electron chi connectivity index (χ0n) is 22.8. The van der Waals surface area contributed by atoms with Gasteiger partial charge in [-0.25, -0.2) is 4.99 Å². The number of ether oxygens (including phenoxy) is 3. The molecule has 0 unspecified atom stereocenters. The molecule has 0 aromatic heterocycles. The fourth-order valence-corrected chi connectivity index (χ4v) is 4.77. The first-order valence-electron chi connectivity index (χ1n) is 13.9. The first kappa shape index (κ1) is 27.5. The highest BCUT2D eigenvalue weighted by molar-refractivity contribution is 6.01. The number of aliphatic hydroxyl groups excluding tert-OH is 1. The molecule has 3 aromatic rings. The normalized spacial score (nSPS) is 20.1. The maximum Gasteiger partial charge on any atom is 0.252 e. The van der Waals surface area contributed by atoms with Crippen LogP contribution in [0.1, 0.15) is 48.5 Å². The van der Waals surface area contributed by atoms with Gasteiger partial charge >= 0.3 is 0 Å². The van der Waals surface area contributed by atoms with Gasteiger partial charge in [-0.2, -0.15) is 0 Å².